The molecule has 0 unspecified atom stereocenters. The Morgan fingerprint density at radius 3 is 2.49 bits per heavy atom. The van der Waals surface area contributed by atoms with Crippen LogP contribution < -0.4 is 9.47 Å². The van der Waals surface area contributed by atoms with E-state index in [0.717, 1.165) is 26.7 Å². The van der Waals surface area contributed by atoms with Crippen LogP contribution in [0.4, 0.5) is 4.79 Å². The summed E-state index contributed by atoms with van der Waals surface area (Å²) in [5.74, 6) is 0.233. The molecule has 2 heterocycles. The molecule has 11 heteroatoms. The standard InChI is InChI=1S/C26H21Br2NO7S/c1-3-34-21-10-16(19(28)12-22(21)35-14-15-4-6-17(27)7-5-15)11-23-24(30)29(26(32)37-23)13-18-8-9-20(36-18)25(31)33-2/h4-12H,3,13-14H2,1-2H3/b23-11+. The molecule has 1 aromatic heterocycles. The number of esters is 1. The van der Waals surface area contributed by atoms with Crippen molar-refractivity contribution in [1.29, 1.82) is 0 Å². The number of furan rings is 1. The summed E-state index contributed by atoms with van der Waals surface area (Å²) in [4.78, 5) is 38.5. The molecule has 0 atom stereocenters. The van der Waals surface area contributed by atoms with Gasteiger partial charge < -0.3 is 18.6 Å². The van der Waals surface area contributed by atoms with E-state index in [9.17, 15) is 14.4 Å². The van der Waals surface area contributed by atoms with Gasteiger partial charge in [0, 0.05) is 8.95 Å². The quantitative estimate of drug-likeness (QED) is 0.184. The van der Waals surface area contributed by atoms with E-state index in [1.807, 2.05) is 31.2 Å². The normalized spacial score (nSPS) is 14.4. The Morgan fingerprint density at radius 2 is 1.78 bits per heavy atom. The molecule has 3 aromatic rings. The zero-order valence-corrected chi connectivity index (χ0v) is 23.8. The van der Waals surface area contributed by atoms with E-state index in [-0.39, 0.29) is 23.0 Å². The second-order valence-electron chi connectivity index (χ2n) is 7.69. The second kappa shape index (κ2) is 12.0. The molecule has 8 nitrogen and oxygen atoms in total. The van der Waals surface area contributed by atoms with E-state index in [1.165, 1.54) is 19.2 Å². The van der Waals surface area contributed by atoms with E-state index in [4.69, 9.17) is 13.9 Å². The van der Waals surface area contributed by atoms with Crippen LogP contribution in [-0.4, -0.2) is 35.7 Å². The van der Waals surface area contributed by atoms with Gasteiger partial charge in [-0.2, -0.15) is 0 Å². The summed E-state index contributed by atoms with van der Waals surface area (Å²) in [7, 11) is 1.24. The van der Waals surface area contributed by atoms with Gasteiger partial charge in [-0.25, -0.2) is 4.79 Å². The van der Waals surface area contributed by atoms with Gasteiger partial charge in [0.15, 0.2) is 11.5 Å². The summed E-state index contributed by atoms with van der Waals surface area (Å²) in [5.41, 5.74) is 1.64. The molecule has 4 rings (SSSR count). The number of hydrogen-bond acceptors (Lipinski definition) is 8. The molecule has 0 bridgehead atoms. The number of hydrogen-bond donors (Lipinski definition) is 0. The molecule has 1 aliphatic rings. The molecule has 37 heavy (non-hydrogen) atoms. The number of thioether (sulfide) groups is 1. The lowest BCUT2D eigenvalue weighted by Crippen LogP contribution is -2.27. The van der Waals surface area contributed by atoms with Crippen molar-refractivity contribution in [2.24, 2.45) is 0 Å². The summed E-state index contributed by atoms with van der Waals surface area (Å²) in [6, 6.07) is 14.3. The van der Waals surface area contributed by atoms with Crippen molar-refractivity contribution >= 4 is 66.8 Å². The summed E-state index contributed by atoms with van der Waals surface area (Å²) in [6.45, 7) is 2.53. The molecular formula is C26H21Br2NO7S. The summed E-state index contributed by atoms with van der Waals surface area (Å²) in [5, 5.41) is -0.442. The molecule has 0 aliphatic carbocycles. The minimum absolute atomic E-state index is 0.00478. The van der Waals surface area contributed by atoms with Gasteiger partial charge in [0.2, 0.25) is 5.76 Å². The highest BCUT2D eigenvalue weighted by atomic mass is 79.9. The van der Waals surface area contributed by atoms with Crippen LogP contribution in [0.2, 0.25) is 0 Å². The molecule has 2 aromatic carbocycles. The maximum absolute atomic E-state index is 13.0. The van der Waals surface area contributed by atoms with Gasteiger partial charge in [-0.15, -0.1) is 0 Å². The highest BCUT2D eigenvalue weighted by molar-refractivity contribution is 9.10. The lowest BCUT2D eigenvalue weighted by atomic mass is 10.1. The molecular weight excluding hydrogens is 630 g/mol. The Bertz CT molecular complexity index is 1370. The largest absolute Gasteiger partial charge is 0.490 e. The number of methoxy groups -OCH3 is 1. The molecule has 1 fully saturated rings. The van der Waals surface area contributed by atoms with Crippen molar-refractivity contribution in [1.82, 2.24) is 4.90 Å². The number of carbonyl (C=O) groups is 3. The van der Waals surface area contributed by atoms with Crippen molar-refractivity contribution in [3.63, 3.8) is 0 Å². The highest BCUT2D eigenvalue weighted by Crippen LogP contribution is 2.39. The predicted molar refractivity (Wildman–Crippen MR) is 145 cm³/mol. The fourth-order valence-electron chi connectivity index (χ4n) is 3.39. The Balaban J connectivity index is 1.52. The first-order valence-corrected chi connectivity index (χ1v) is 13.4. The van der Waals surface area contributed by atoms with Gasteiger partial charge in [0.05, 0.1) is 25.2 Å². The maximum atomic E-state index is 13.0. The summed E-state index contributed by atoms with van der Waals surface area (Å²) >= 11 is 7.78. The van der Waals surface area contributed by atoms with Crippen LogP contribution in [0.25, 0.3) is 6.08 Å². The molecule has 0 saturated carbocycles. The average Bonchev–Trinajstić information content (AvgIpc) is 3.46. The third-order valence-electron chi connectivity index (χ3n) is 5.19. The molecule has 0 N–H and O–H groups in total. The Morgan fingerprint density at radius 1 is 1.05 bits per heavy atom. The minimum Gasteiger partial charge on any atom is -0.490 e. The van der Waals surface area contributed by atoms with Gasteiger partial charge in [-0.3, -0.25) is 14.5 Å². The minimum atomic E-state index is -0.639. The maximum Gasteiger partial charge on any atom is 0.373 e. The summed E-state index contributed by atoms with van der Waals surface area (Å²) < 4.78 is 23.4. The second-order valence-corrected chi connectivity index (χ2v) is 10.5. The van der Waals surface area contributed by atoms with Crippen molar-refractivity contribution in [2.75, 3.05) is 13.7 Å². The van der Waals surface area contributed by atoms with Crippen LogP contribution in [0.1, 0.15) is 34.4 Å². The van der Waals surface area contributed by atoms with Gasteiger partial charge in [-0.1, -0.05) is 44.0 Å². The van der Waals surface area contributed by atoms with Crippen LogP contribution in [-0.2, 0) is 22.7 Å². The highest BCUT2D eigenvalue weighted by Gasteiger charge is 2.36. The van der Waals surface area contributed by atoms with Gasteiger partial charge >= 0.3 is 5.97 Å². The van der Waals surface area contributed by atoms with Gasteiger partial charge in [0.25, 0.3) is 11.1 Å². The van der Waals surface area contributed by atoms with E-state index in [2.05, 4.69) is 36.6 Å². The molecule has 2 amide bonds. The third kappa shape index (κ3) is 6.46. The van der Waals surface area contributed by atoms with E-state index in [1.54, 1.807) is 18.2 Å². The monoisotopic (exact) mass is 649 g/mol. The Labute approximate surface area is 234 Å². The molecule has 1 saturated heterocycles. The number of benzene rings is 2. The van der Waals surface area contributed by atoms with Crippen LogP contribution in [0.5, 0.6) is 11.5 Å². The third-order valence-corrected chi connectivity index (χ3v) is 7.32. The SMILES string of the molecule is CCOc1cc(/C=C2/SC(=O)N(Cc3ccc(C(=O)OC)o3)C2=O)c(Br)cc1OCc1ccc(Br)cc1. The van der Waals surface area contributed by atoms with Crippen LogP contribution >= 0.6 is 43.6 Å². The fourth-order valence-corrected chi connectivity index (χ4v) is 4.92. The van der Waals surface area contributed by atoms with E-state index < -0.39 is 17.1 Å². The van der Waals surface area contributed by atoms with Crippen LogP contribution in [0, 0.1) is 0 Å². The van der Waals surface area contributed by atoms with Crippen LogP contribution in [0.3, 0.4) is 0 Å². The number of halogens is 2. The zero-order valence-electron chi connectivity index (χ0n) is 19.8. The number of imide groups is 1. The average molecular weight is 651 g/mol. The molecule has 0 radical (unpaired) electrons. The van der Waals surface area contributed by atoms with Crippen LogP contribution in [0.15, 0.2) is 66.8 Å². The lowest BCUT2D eigenvalue weighted by molar-refractivity contribution is -0.123. The van der Waals surface area contributed by atoms with Gasteiger partial charge in [0.1, 0.15) is 12.4 Å². The molecule has 192 valence electrons. The molecule has 1 aliphatic heterocycles. The van der Waals surface area contributed by atoms with E-state index >= 15 is 0 Å². The lowest BCUT2D eigenvalue weighted by Gasteiger charge is -2.14. The van der Waals surface area contributed by atoms with Crippen molar-refractivity contribution in [3.05, 3.63) is 85.0 Å². The van der Waals surface area contributed by atoms with Crippen molar-refractivity contribution in [2.45, 2.75) is 20.1 Å². The fraction of sp³-hybridized carbons (Fsp3) is 0.192. The number of rotatable bonds is 9. The topological polar surface area (TPSA) is 95.3 Å². The molecule has 0 spiro atoms. The van der Waals surface area contributed by atoms with Crippen molar-refractivity contribution in [3.8, 4) is 11.5 Å². The smallest absolute Gasteiger partial charge is 0.373 e. The van der Waals surface area contributed by atoms with E-state index in [0.29, 0.717) is 34.7 Å². The number of carbonyl (C=O) groups excluding carboxylic acids is 3. The predicted octanol–water partition coefficient (Wildman–Crippen LogP) is 6.81. The number of ether oxygens (including phenoxy) is 3. The van der Waals surface area contributed by atoms with Crippen molar-refractivity contribution < 1.29 is 33.0 Å². The first-order chi connectivity index (χ1) is 17.8. The summed E-state index contributed by atoms with van der Waals surface area (Å²) in [6.07, 6.45) is 1.62. The van der Waals surface area contributed by atoms with Gasteiger partial charge in [-0.05, 0) is 72.3 Å². The zero-order chi connectivity index (χ0) is 26.5. The first kappa shape index (κ1) is 27.0. The Kier molecular flexibility index (Phi) is 8.78. The Hall–Kier alpha value is -3.02. The first-order valence-electron chi connectivity index (χ1n) is 11.0. The number of nitrogens with zero attached hydrogens (tertiary/aromatic N) is 1. The number of amides is 2.